The number of benzene rings is 1. The molecule has 3 aromatic rings. The molecule has 2 aromatic heterocycles. The molecule has 0 radical (unpaired) electrons. The van der Waals surface area contributed by atoms with Crippen molar-refractivity contribution in [2.45, 2.75) is 57.8 Å². The number of methoxy groups -OCH3 is 1. The van der Waals surface area contributed by atoms with Crippen molar-refractivity contribution in [3.63, 3.8) is 0 Å². The average molecular weight is 599 g/mol. The smallest absolute Gasteiger partial charge is 0.303 e. The molecule has 1 N–H and O–H groups in total. The standard InChI is InChI=1S/C35H42N4O5/c1-23-9-13-36-32(17-23)39(21-24-3-4-24)35(42)29-8-7-28(43-2)19-31(29)38-15-11-25(12-16-38)22-44-33-18-27(10-14-37-33)30(20-34(40)41)26-5-6-26/h7-10,13-14,17-19,24-26,30H,3-6,11-12,15-16,20-22H2,1-2H3,(H,40,41). The third-order valence-corrected chi connectivity index (χ3v) is 9.19. The van der Waals surface area contributed by atoms with E-state index in [-0.39, 0.29) is 18.2 Å². The van der Waals surface area contributed by atoms with Crippen molar-refractivity contribution in [1.29, 1.82) is 0 Å². The van der Waals surface area contributed by atoms with Crippen LogP contribution in [-0.4, -0.2) is 60.3 Å². The van der Waals surface area contributed by atoms with Crippen LogP contribution in [0.1, 0.15) is 72.3 Å². The number of pyridine rings is 2. The van der Waals surface area contributed by atoms with Gasteiger partial charge in [0.1, 0.15) is 11.6 Å². The number of carbonyl (C=O) groups is 2. The largest absolute Gasteiger partial charge is 0.497 e. The Morgan fingerprint density at radius 2 is 1.75 bits per heavy atom. The van der Waals surface area contributed by atoms with Gasteiger partial charge in [0, 0.05) is 44.2 Å². The summed E-state index contributed by atoms with van der Waals surface area (Å²) in [7, 11) is 1.65. The van der Waals surface area contributed by atoms with Gasteiger partial charge in [-0.15, -0.1) is 0 Å². The van der Waals surface area contributed by atoms with Crippen LogP contribution in [0.25, 0.3) is 0 Å². The molecule has 0 spiro atoms. The van der Waals surface area contributed by atoms with Crippen molar-refractivity contribution < 1.29 is 24.2 Å². The Bertz CT molecular complexity index is 1480. The second kappa shape index (κ2) is 13.2. The highest BCUT2D eigenvalue weighted by Crippen LogP contribution is 2.45. The van der Waals surface area contributed by atoms with E-state index < -0.39 is 5.97 Å². The average Bonchev–Trinajstić information content (AvgIpc) is 3.97. The van der Waals surface area contributed by atoms with E-state index in [4.69, 9.17) is 9.47 Å². The van der Waals surface area contributed by atoms with Gasteiger partial charge in [-0.25, -0.2) is 9.97 Å². The minimum atomic E-state index is -0.767. The van der Waals surface area contributed by atoms with E-state index in [1.165, 1.54) is 0 Å². The molecular formula is C35H42N4O5. The Labute approximate surface area is 259 Å². The van der Waals surface area contributed by atoms with E-state index in [1.54, 1.807) is 19.5 Å². The molecule has 1 amide bonds. The number of hydrogen-bond donors (Lipinski definition) is 1. The Kier molecular flexibility index (Phi) is 9.00. The van der Waals surface area contributed by atoms with Gasteiger partial charge in [0.2, 0.25) is 5.88 Å². The van der Waals surface area contributed by atoms with Crippen LogP contribution in [-0.2, 0) is 4.79 Å². The number of aryl methyl sites for hydroxylation is 1. The molecule has 3 heterocycles. The molecule has 1 aliphatic heterocycles. The first kappa shape index (κ1) is 29.9. The summed E-state index contributed by atoms with van der Waals surface area (Å²) in [4.78, 5) is 38.7. The summed E-state index contributed by atoms with van der Waals surface area (Å²) >= 11 is 0. The second-order valence-electron chi connectivity index (χ2n) is 12.6. The molecule has 232 valence electrons. The molecule has 3 aliphatic rings. The van der Waals surface area contributed by atoms with Gasteiger partial charge >= 0.3 is 5.97 Å². The molecular weight excluding hydrogens is 556 g/mol. The third kappa shape index (κ3) is 7.31. The lowest BCUT2D eigenvalue weighted by Gasteiger charge is -2.35. The lowest BCUT2D eigenvalue weighted by molar-refractivity contribution is -0.137. The molecule has 1 atom stereocenters. The maximum absolute atomic E-state index is 14.1. The fourth-order valence-electron chi connectivity index (χ4n) is 6.25. The van der Waals surface area contributed by atoms with Gasteiger partial charge in [-0.2, -0.15) is 0 Å². The predicted molar refractivity (Wildman–Crippen MR) is 169 cm³/mol. The van der Waals surface area contributed by atoms with Crippen LogP contribution in [0.4, 0.5) is 11.5 Å². The third-order valence-electron chi connectivity index (χ3n) is 9.19. The van der Waals surface area contributed by atoms with E-state index in [2.05, 4.69) is 14.9 Å². The number of aromatic nitrogens is 2. The number of nitrogens with zero attached hydrogens (tertiary/aromatic N) is 4. The van der Waals surface area contributed by atoms with Crippen molar-refractivity contribution in [1.82, 2.24) is 9.97 Å². The molecule has 9 nitrogen and oxygen atoms in total. The van der Waals surface area contributed by atoms with Crippen LogP contribution >= 0.6 is 0 Å². The van der Waals surface area contributed by atoms with Crippen molar-refractivity contribution in [2.24, 2.45) is 17.8 Å². The Morgan fingerprint density at radius 1 is 0.977 bits per heavy atom. The zero-order valence-corrected chi connectivity index (χ0v) is 25.7. The van der Waals surface area contributed by atoms with Crippen LogP contribution in [0, 0.1) is 24.7 Å². The fourth-order valence-corrected chi connectivity index (χ4v) is 6.25. The predicted octanol–water partition coefficient (Wildman–Crippen LogP) is 6.11. The quantitative estimate of drug-likeness (QED) is 0.251. The highest BCUT2D eigenvalue weighted by molar-refractivity contribution is 6.09. The van der Waals surface area contributed by atoms with Crippen LogP contribution in [0.2, 0.25) is 0 Å². The SMILES string of the molecule is COc1ccc(C(=O)N(CC2CC2)c2cc(C)ccn2)c(N2CCC(COc3cc(C(CC(=O)O)C4CC4)ccn3)CC2)c1. The van der Waals surface area contributed by atoms with Crippen LogP contribution < -0.4 is 19.3 Å². The van der Waals surface area contributed by atoms with E-state index in [0.29, 0.717) is 48.2 Å². The summed E-state index contributed by atoms with van der Waals surface area (Å²) in [6.07, 6.45) is 9.92. The van der Waals surface area contributed by atoms with Gasteiger partial charge < -0.3 is 19.5 Å². The van der Waals surface area contributed by atoms with Crippen molar-refractivity contribution in [2.75, 3.05) is 43.2 Å². The lowest BCUT2D eigenvalue weighted by Crippen LogP contribution is -2.38. The monoisotopic (exact) mass is 598 g/mol. The topological polar surface area (TPSA) is 105 Å². The number of carboxylic acid groups (broad SMARTS) is 1. The van der Waals surface area contributed by atoms with Crippen molar-refractivity contribution in [3.8, 4) is 11.6 Å². The molecule has 2 saturated carbocycles. The number of piperidine rings is 1. The van der Waals surface area contributed by atoms with Crippen LogP contribution in [0.3, 0.4) is 0 Å². The number of rotatable bonds is 13. The summed E-state index contributed by atoms with van der Waals surface area (Å²) in [5.41, 5.74) is 3.63. The molecule has 6 rings (SSSR count). The Balaban J connectivity index is 1.12. The van der Waals surface area contributed by atoms with E-state index in [9.17, 15) is 14.7 Å². The molecule has 9 heteroatoms. The van der Waals surface area contributed by atoms with Crippen molar-refractivity contribution >= 4 is 23.4 Å². The first-order valence-electron chi connectivity index (χ1n) is 15.9. The maximum atomic E-state index is 14.1. The summed E-state index contributed by atoms with van der Waals surface area (Å²) in [5, 5.41) is 9.39. The second-order valence-corrected chi connectivity index (χ2v) is 12.6. The van der Waals surface area contributed by atoms with Crippen LogP contribution in [0.5, 0.6) is 11.6 Å². The lowest BCUT2D eigenvalue weighted by atomic mass is 9.92. The van der Waals surface area contributed by atoms with Gasteiger partial charge in [-0.05, 0) is 111 Å². The zero-order chi connectivity index (χ0) is 30.6. The minimum absolute atomic E-state index is 0.0164. The number of ether oxygens (including phenoxy) is 2. The van der Waals surface area contributed by atoms with E-state index in [0.717, 1.165) is 74.2 Å². The van der Waals surface area contributed by atoms with Gasteiger partial charge in [0.05, 0.1) is 31.4 Å². The zero-order valence-electron chi connectivity index (χ0n) is 25.7. The molecule has 2 aliphatic carbocycles. The number of carbonyl (C=O) groups excluding carboxylic acids is 1. The highest BCUT2D eigenvalue weighted by Gasteiger charge is 2.34. The molecule has 1 unspecified atom stereocenters. The van der Waals surface area contributed by atoms with E-state index in [1.807, 2.05) is 54.3 Å². The Hall–Kier alpha value is -4.14. The summed E-state index contributed by atoms with van der Waals surface area (Å²) < 4.78 is 11.7. The number of carboxylic acids is 1. The molecule has 44 heavy (non-hydrogen) atoms. The number of hydrogen-bond acceptors (Lipinski definition) is 7. The summed E-state index contributed by atoms with van der Waals surface area (Å²) in [6, 6.07) is 13.5. The molecule has 3 fully saturated rings. The van der Waals surface area contributed by atoms with E-state index >= 15 is 0 Å². The normalized spacial score (nSPS) is 17.6. The highest BCUT2D eigenvalue weighted by atomic mass is 16.5. The van der Waals surface area contributed by atoms with Gasteiger partial charge in [0.25, 0.3) is 5.91 Å². The van der Waals surface area contributed by atoms with Gasteiger partial charge in [-0.1, -0.05) is 0 Å². The maximum Gasteiger partial charge on any atom is 0.303 e. The summed E-state index contributed by atoms with van der Waals surface area (Å²) in [5.74, 6) is 2.50. The fraction of sp³-hybridized carbons (Fsp3) is 0.486. The Morgan fingerprint density at radius 3 is 2.43 bits per heavy atom. The molecule has 1 saturated heterocycles. The molecule has 1 aromatic carbocycles. The number of anilines is 2. The number of amides is 1. The van der Waals surface area contributed by atoms with Gasteiger partial charge in [0.15, 0.2) is 0 Å². The minimum Gasteiger partial charge on any atom is -0.497 e. The van der Waals surface area contributed by atoms with Crippen molar-refractivity contribution in [3.05, 3.63) is 71.5 Å². The first-order valence-corrected chi connectivity index (χ1v) is 15.9. The van der Waals surface area contributed by atoms with Crippen LogP contribution in [0.15, 0.2) is 54.9 Å². The summed E-state index contributed by atoms with van der Waals surface area (Å²) in [6.45, 7) is 4.84. The molecule has 0 bridgehead atoms. The number of aliphatic carboxylic acids is 1. The van der Waals surface area contributed by atoms with Gasteiger partial charge in [-0.3, -0.25) is 14.5 Å². The first-order chi connectivity index (χ1) is 21.4.